The second-order valence-corrected chi connectivity index (χ2v) is 4.89. The number of hydrogen-bond acceptors (Lipinski definition) is 3. The molecule has 0 N–H and O–H groups in total. The summed E-state index contributed by atoms with van der Waals surface area (Å²) in [6, 6.07) is 0. The van der Waals surface area contributed by atoms with Gasteiger partial charge in [0, 0.05) is 13.1 Å². The fraction of sp³-hybridized carbons (Fsp3) is 0.714. The van der Waals surface area contributed by atoms with E-state index in [1.54, 1.807) is 0 Å². The second-order valence-electron chi connectivity index (χ2n) is 4.89. The minimum atomic E-state index is 0.865. The molecule has 0 radical (unpaired) electrons. The molecule has 2 heterocycles. The van der Waals surface area contributed by atoms with Crippen molar-refractivity contribution in [3.63, 3.8) is 0 Å². The van der Waals surface area contributed by atoms with Crippen LogP contribution in [0, 0.1) is 12.8 Å². The van der Waals surface area contributed by atoms with Crippen molar-refractivity contribution in [3.8, 4) is 0 Å². The molecule has 0 amide bonds. The van der Waals surface area contributed by atoms with E-state index in [4.69, 9.17) is 0 Å². The smallest absolute Gasteiger partial charge is 0.147 e. The maximum Gasteiger partial charge on any atom is 0.147 e. The minimum Gasteiger partial charge on any atom is -0.355 e. The molecular weight excluding hydrogens is 210 g/mol. The molecule has 0 aliphatic carbocycles. The van der Waals surface area contributed by atoms with Crippen LogP contribution in [0.25, 0.3) is 0 Å². The lowest BCUT2D eigenvalue weighted by Crippen LogP contribution is -2.33. The van der Waals surface area contributed by atoms with Gasteiger partial charge < -0.3 is 4.90 Å². The molecule has 0 saturated carbocycles. The molecule has 0 bridgehead atoms. The van der Waals surface area contributed by atoms with Crippen molar-refractivity contribution in [2.75, 3.05) is 18.0 Å². The summed E-state index contributed by atoms with van der Waals surface area (Å²) < 4.78 is 0. The van der Waals surface area contributed by atoms with Crippen molar-refractivity contribution in [2.24, 2.45) is 5.92 Å². The van der Waals surface area contributed by atoms with Crippen LogP contribution in [0.1, 0.15) is 45.7 Å². The summed E-state index contributed by atoms with van der Waals surface area (Å²) in [6.07, 6.45) is 7.52. The van der Waals surface area contributed by atoms with Crippen molar-refractivity contribution in [2.45, 2.75) is 47.0 Å². The van der Waals surface area contributed by atoms with Crippen LogP contribution >= 0.6 is 0 Å². The highest BCUT2D eigenvalue weighted by Gasteiger charge is 2.16. The third-order valence-electron chi connectivity index (χ3n) is 2.87. The van der Waals surface area contributed by atoms with E-state index < -0.39 is 0 Å². The summed E-state index contributed by atoms with van der Waals surface area (Å²) >= 11 is 0. The SMILES string of the molecule is CCC.Cc1cnc(N2CCC(C)CC2)cn1. The highest BCUT2D eigenvalue weighted by Crippen LogP contribution is 2.20. The lowest BCUT2D eigenvalue weighted by atomic mass is 9.99. The third kappa shape index (κ3) is 4.72. The zero-order valence-electron chi connectivity index (χ0n) is 11.6. The topological polar surface area (TPSA) is 29.0 Å². The first kappa shape index (κ1) is 13.9. The molecule has 0 aromatic carbocycles. The molecule has 1 aliphatic rings. The van der Waals surface area contributed by atoms with Gasteiger partial charge in [-0.25, -0.2) is 4.98 Å². The summed E-state index contributed by atoms with van der Waals surface area (Å²) in [7, 11) is 0. The van der Waals surface area contributed by atoms with Crippen LogP contribution in [0.2, 0.25) is 0 Å². The van der Waals surface area contributed by atoms with Gasteiger partial charge in [-0.05, 0) is 25.7 Å². The maximum absolute atomic E-state index is 4.39. The van der Waals surface area contributed by atoms with Crippen molar-refractivity contribution >= 4 is 5.82 Å². The van der Waals surface area contributed by atoms with Crippen LogP contribution < -0.4 is 4.90 Å². The van der Waals surface area contributed by atoms with E-state index in [2.05, 4.69) is 35.6 Å². The lowest BCUT2D eigenvalue weighted by molar-refractivity contribution is 0.436. The summed E-state index contributed by atoms with van der Waals surface area (Å²) in [5.41, 5.74) is 0.985. The molecule has 1 aromatic rings. The number of hydrogen-bond donors (Lipinski definition) is 0. The van der Waals surface area contributed by atoms with Gasteiger partial charge in [-0.3, -0.25) is 4.98 Å². The first-order valence-corrected chi connectivity index (χ1v) is 6.71. The average molecular weight is 235 g/mol. The zero-order chi connectivity index (χ0) is 12.7. The Bertz CT molecular complexity index is 300. The van der Waals surface area contributed by atoms with Crippen LogP contribution in [-0.4, -0.2) is 23.1 Å². The van der Waals surface area contributed by atoms with Crippen molar-refractivity contribution in [1.82, 2.24) is 9.97 Å². The van der Waals surface area contributed by atoms with Gasteiger partial charge in [-0.2, -0.15) is 0 Å². The Labute approximate surface area is 105 Å². The molecule has 1 aromatic heterocycles. The molecular formula is C14H25N3. The Balaban J connectivity index is 0.000000437. The maximum atomic E-state index is 4.39. The fourth-order valence-corrected chi connectivity index (χ4v) is 1.79. The number of aryl methyl sites for hydroxylation is 1. The van der Waals surface area contributed by atoms with Gasteiger partial charge in [-0.1, -0.05) is 27.2 Å². The summed E-state index contributed by atoms with van der Waals surface area (Å²) in [5.74, 6) is 1.90. The first-order valence-electron chi connectivity index (χ1n) is 6.71. The van der Waals surface area contributed by atoms with Gasteiger partial charge in [0.15, 0.2) is 0 Å². The van der Waals surface area contributed by atoms with E-state index in [1.807, 2.05) is 19.3 Å². The number of aromatic nitrogens is 2. The normalized spacial score (nSPS) is 16.4. The molecule has 0 unspecified atom stereocenters. The predicted molar refractivity (Wildman–Crippen MR) is 73.3 cm³/mol. The van der Waals surface area contributed by atoms with Gasteiger partial charge in [0.25, 0.3) is 0 Å². The molecule has 3 nitrogen and oxygen atoms in total. The van der Waals surface area contributed by atoms with Crippen LogP contribution in [0.4, 0.5) is 5.82 Å². The van der Waals surface area contributed by atoms with E-state index >= 15 is 0 Å². The van der Waals surface area contributed by atoms with Crippen molar-refractivity contribution in [1.29, 1.82) is 0 Å². The monoisotopic (exact) mass is 235 g/mol. The average Bonchev–Trinajstić information content (AvgIpc) is 2.32. The van der Waals surface area contributed by atoms with E-state index in [-0.39, 0.29) is 0 Å². The van der Waals surface area contributed by atoms with E-state index in [1.165, 1.54) is 19.3 Å². The first-order chi connectivity index (χ1) is 8.17. The van der Waals surface area contributed by atoms with E-state index in [0.717, 1.165) is 30.5 Å². The minimum absolute atomic E-state index is 0.865. The van der Waals surface area contributed by atoms with Crippen LogP contribution in [0.5, 0.6) is 0 Å². The Hall–Kier alpha value is -1.12. The molecule has 3 heteroatoms. The lowest BCUT2D eigenvalue weighted by Gasteiger charge is -2.30. The number of piperidine rings is 1. The standard InChI is InChI=1S/C11H17N3.C3H8/c1-9-3-5-14(6-4-9)11-8-12-10(2)7-13-11;1-3-2/h7-9H,3-6H2,1-2H3;3H2,1-2H3. The van der Waals surface area contributed by atoms with E-state index in [0.29, 0.717) is 0 Å². The fourth-order valence-electron chi connectivity index (χ4n) is 1.79. The Morgan fingerprint density at radius 3 is 2.24 bits per heavy atom. The Morgan fingerprint density at radius 2 is 1.76 bits per heavy atom. The molecule has 17 heavy (non-hydrogen) atoms. The molecule has 96 valence electrons. The number of anilines is 1. The Kier molecular flexibility index (Phi) is 5.95. The number of rotatable bonds is 1. The van der Waals surface area contributed by atoms with Crippen LogP contribution in [-0.2, 0) is 0 Å². The van der Waals surface area contributed by atoms with Crippen LogP contribution in [0.3, 0.4) is 0 Å². The molecule has 0 atom stereocenters. The van der Waals surface area contributed by atoms with E-state index in [9.17, 15) is 0 Å². The van der Waals surface area contributed by atoms with Crippen LogP contribution in [0.15, 0.2) is 12.4 Å². The van der Waals surface area contributed by atoms with Gasteiger partial charge in [-0.15, -0.1) is 0 Å². The number of nitrogens with zero attached hydrogens (tertiary/aromatic N) is 3. The molecule has 0 spiro atoms. The molecule has 1 aliphatic heterocycles. The zero-order valence-corrected chi connectivity index (χ0v) is 11.6. The largest absolute Gasteiger partial charge is 0.355 e. The highest BCUT2D eigenvalue weighted by atomic mass is 15.2. The highest BCUT2D eigenvalue weighted by molar-refractivity contribution is 5.36. The van der Waals surface area contributed by atoms with Gasteiger partial charge in [0.2, 0.25) is 0 Å². The molecule has 1 saturated heterocycles. The molecule has 1 fully saturated rings. The quantitative estimate of drug-likeness (QED) is 0.746. The van der Waals surface area contributed by atoms with Crippen molar-refractivity contribution < 1.29 is 0 Å². The summed E-state index contributed by atoms with van der Waals surface area (Å²) in [5, 5.41) is 0. The molecule has 2 rings (SSSR count). The van der Waals surface area contributed by atoms with Gasteiger partial charge >= 0.3 is 0 Å². The summed E-state index contributed by atoms with van der Waals surface area (Å²) in [4.78, 5) is 11.0. The third-order valence-corrected chi connectivity index (χ3v) is 2.87. The van der Waals surface area contributed by atoms with Gasteiger partial charge in [0.1, 0.15) is 5.82 Å². The Morgan fingerprint density at radius 1 is 1.18 bits per heavy atom. The second kappa shape index (κ2) is 7.25. The predicted octanol–water partition coefficient (Wildman–Crippen LogP) is 3.44. The summed E-state index contributed by atoms with van der Waals surface area (Å²) in [6.45, 7) is 10.8. The van der Waals surface area contributed by atoms with Gasteiger partial charge in [0.05, 0.1) is 18.1 Å². The van der Waals surface area contributed by atoms with Crippen molar-refractivity contribution in [3.05, 3.63) is 18.1 Å².